The Kier molecular flexibility index (Phi) is 7.12. The second kappa shape index (κ2) is 8.85. The SMILES string of the molecule is CCOC(=O)C1CCN(CC(O)CN2CCC(C)CC2)CC1. The quantitative estimate of drug-likeness (QED) is 0.751. The Balaban J connectivity index is 1.64. The number of β-amino-alcohol motifs (C(OH)–C–C–N with tert-alkyl or cyclic N) is 1. The van der Waals surface area contributed by atoms with Gasteiger partial charge in [-0.15, -0.1) is 0 Å². The number of rotatable bonds is 6. The van der Waals surface area contributed by atoms with E-state index in [9.17, 15) is 9.90 Å². The Morgan fingerprint density at radius 1 is 1.09 bits per heavy atom. The smallest absolute Gasteiger partial charge is 0.309 e. The average Bonchev–Trinajstić information content (AvgIpc) is 2.50. The molecule has 0 aromatic rings. The van der Waals surface area contributed by atoms with Crippen molar-refractivity contribution < 1.29 is 14.6 Å². The van der Waals surface area contributed by atoms with Crippen molar-refractivity contribution in [2.45, 2.75) is 45.6 Å². The molecule has 5 heteroatoms. The van der Waals surface area contributed by atoms with E-state index in [0.29, 0.717) is 6.61 Å². The molecule has 0 bridgehead atoms. The van der Waals surface area contributed by atoms with Crippen LogP contribution in [0.4, 0.5) is 0 Å². The van der Waals surface area contributed by atoms with Crippen LogP contribution in [0.5, 0.6) is 0 Å². The molecule has 0 aromatic heterocycles. The number of carbonyl (C=O) groups is 1. The first-order chi connectivity index (χ1) is 10.6. The molecular formula is C17H32N2O3. The molecule has 2 fully saturated rings. The molecule has 5 nitrogen and oxygen atoms in total. The summed E-state index contributed by atoms with van der Waals surface area (Å²) in [5.74, 6) is 0.831. The third-order valence-electron chi connectivity index (χ3n) is 5.02. The van der Waals surface area contributed by atoms with Crippen LogP contribution in [0.3, 0.4) is 0 Å². The van der Waals surface area contributed by atoms with Gasteiger partial charge in [-0.2, -0.15) is 0 Å². The summed E-state index contributed by atoms with van der Waals surface area (Å²) in [6.07, 6.45) is 3.92. The fourth-order valence-electron chi connectivity index (χ4n) is 3.51. The molecule has 2 heterocycles. The minimum Gasteiger partial charge on any atom is -0.466 e. The summed E-state index contributed by atoms with van der Waals surface area (Å²) < 4.78 is 5.09. The van der Waals surface area contributed by atoms with Gasteiger partial charge in [0.15, 0.2) is 0 Å². The van der Waals surface area contributed by atoms with Crippen molar-refractivity contribution in [1.29, 1.82) is 0 Å². The summed E-state index contributed by atoms with van der Waals surface area (Å²) in [7, 11) is 0. The summed E-state index contributed by atoms with van der Waals surface area (Å²) in [4.78, 5) is 16.4. The van der Waals surface area contributed by atoms with Crippen molar-refractivity contribution in [3.05, 3.63) is 0 Å². The minimum atomic E-state index is -0.285. The standard InChI is InChI=1S/C17H32N2O3/c1-3-22-17(21)15-6-10-19(11-7-15)13-16(20)12-18-8-4-14(2)5-9-18/h14-16,20H,3-13H2,1-2H3. The zero-order valence-corrected chi connectivity index (χ0v) is 14.2. The van der Waals surface area contributed by atoms with Crippen molar-refractivity contribution in [2.24, 2.45) is 11.8 Å². The lowest BCUT2D eigenvalue weighted by Crippen LogP contribution is -2.45. The van der Waals surface area contributed by atoms with E-state index in [-0.39, 0.29) is 18.0 Å². The maximum Gasteiger partial charge on any atom is 0.309 e. The number of piperidine rings is 2. The van der Waals surface area contributed by atoms with Crippen LogP contribution in [-0.4, -0.2) is 72.9 Å². The van der Waals surface area contributed by atoms with Crippen LogP contribution < -0.4 is 0 Å². The molecule has 0 spiro atoms. The summed E-state index contributed by atoms with van der Waals surface area (Å²) >= 11 is 0. The normalized spacial score (nSPS) is 24.3. The predicted molar refractivity (Wildman–Crippen MR) is 86.6 cm³/mol. The van der Waals surface area contributed by atoms with Crippen molar-refractivity contribution >= 4 is 5.97 Å². The van der Waals surface area contributed by atoms with Crippen LogP contribution in [0.15, 0.2) is 0 Å². The molecule has 22 heavy (non-hydrogen) atoms. The number of esters is 1. The number of likely N-dealkylation sites (tertiary alicyclic amines) is 2. The van der Waals surface area contributed by atoms with E-state index in [0.717, 1.165) is 58.0 Å². The largest absolute Gasteiger partial charge is 0.466 e. The summed E-state index contributed by atoms with van der Waals surface area (Å²) in [6, 6.07) is 0. The first-order valence-electron chi connectivity index (χ1n) is 8.88. The lowest BCUT2D eigenvalue weighted by Gasteiger charge is -2.35. The van der Waals surface area contributed by atoms with Gasteiger partial charge in [0.2, 0.25) is 0 Å². The van der Waals surface area contributed by atoms with Gasteiger partial charge in [-0.25, -0.2) is 0 Å². The molecule has 0 amide bonds. The maximum absolute atomic E-state index is 11.7. The van der Waals surface area contributed by atoms with E-state index in [4.69, 9.17) is 4.74 Å². The lowest BCUT2D eigenvalue weighted by molar-refractivity contribution is -0.149. The van der Waals surface area contributed by atoms with Gasteiger partial charge in [0.05, 0.1) is 18.6 Å². The predicted octanol–water partition coefficient (Wildman–Crippen LogP) is 1.35. The molecule has 0 radical (unpaired) electrons. The molecule has 0 aromatic carbocycles. The van der Waals surface area contributed by atoms with Crippen LogP contribution in [0.2, 0.25) is 0 Å². The topological polar surface area (TPSA) is 53.0 Å². The molecule has 0 aliphatic carbocycles. The van der Waals surface area contributed by atoms with Crippen molar-refractivity contribution in [3.8, 4) is 0 Å². The molecule has 1 atom stereocenters. The summed E-state index contributed by atoms with van der Waals surface area (Å²) in [6.45, 7) is 10.1. The number of hydrogen-bond donors (Lipinski definition) is 1. The van der Waals surface area contributed by atoms with Gasteiger partial charge in [0, 0.05) is 13.1 Å². The van der Waals surface area contributed by atoms with E-state index >= 15 is 0 Å². The molecule has 1 unspecified atom stereocenters. The van der Waals surface area contributed by atoms with E-state index in [2.05, 4.69) is 16.7 Å². The number of aliphatic hydroxyl groups is 1. The number of carbonyl (C=O) groups excluding carboxylic acids is 1. The van der Waals surface area contributed by atoms with E-state index in [1.165, 1.54) is 12.8 Å². The number of ether oxygens (including phenoxy) is 1. The van der Waals surface area contributed by atoms with E-state index in [1.807, 2.05) is 6.92 Å². The fourth-order valence-corrected chi connectivity index (χ4v) is 3.51. The van der Waals surface area contributed by atoms with Crippen LogP contribution in [0, 0.1) is 11.8 Å². The van der Waals surface area contributed by atoms with Gasteiger partial charge >= 0.3 is 5.97 Å². The summed E-state index contributed by atoms with van der Waals surface area (Å²) in [5, 5.41) is 10.3. The molecule has 2 rings (SSSR count). The van der Waals surface area contributed by atoms with Crippen LogP contribution >= 0.6 is 0 Å². The van der Waals surface area contributed by atoms with E-state index < -0.39 is 0 Å². The van der Waals surface area contributed by atoms with Crippen LogP contribution in [0.1, 0.15) is 39.5 Å². The Hall–Kier alpha value is -0.650. The number of aliphatic hydroxyl groups excluding tert-OH is 1. The second-order valence-corrected chi connectivity index (χ2v) is 6.96. The lowest BCUT2D eigenvalue weighted by atomic mass is 9.96. The van der Waals surface area contributed by atoms with Gasteiger partial charge in [-0.1, -0.05) is 6.92 Å². The molecule has 2 saturated heterocycles. The van der Waals surface area contributed by atoms with Crippen molar-refractivity contribution in [2.75, 3.05) is 45.9 Å². The fraction of sp³-hybridized carbons (Fsp3) is 0.941. The minimum absolute atomic E-state index is 0.0508. The van der Waals surface area contributed by atoms with Gasteiger partial charge in [0.1, 0.15) is 0 Å². The van der Waals surface area contributed by atoms with E-state index in [1.54, 1.807) is 0 Å². The Labute approximate surface area is 134 Å². The summed E-state index contributed by atoms with van der Waals surface area (Å²) in [5.41, 5.74) is 0. The maximum atomic E-state index is 11.7. The Bertz CT molecular complexity index is 335. The molecule has 2 aliphatic heterocycles. The first-order valence-corrected chi connectivity index (χ1v) is 8.88. The van der Waals surface area contributed by atoms with Gasteiger partial charge in [-0.05, 0) is 64.7 Å². The second-order valence-electron chi connectivity index (χ2n) is 6.96. The number of hydrogen-bond acceptors (Lipinski definition) is 5. The molecule has 2 aliphatic rings. The highest BCUT2D eigenvalue weighted by molar-refractivity contribution is 5.72. The Morgan fingerprint density at radius 2 is 1.59 bits per heavy atom. The molecule has 1 N–H and O–H groups in total. The third kappa shape index (κ3) is 5.52. The zero-order chi connectivity index (χ0) is 15.9. The molecular weight excluding hydrogens is 280 g/mol. The monoisotopic (exact) mass is 312 g/mol. The van der Waals surface area contributed by atoms with Crippen molar-refractivity contribution in [1.82, 2.24) is 9.80 Å². The highest BCUT2D eigenvalue weighted by Crippen LogP contribution is 2.20. The van der Waals surface area contributed by atoms with Gasteiger partial charge in [-0.3, -0.25) is 4.79 Å². The van der Waals surface area contributed by atoms with Gasteiger partial charge < -0.3 is 19.6 Å². The van der Waals surface area contributed by atoms with Crippen LogP contribution in [0.25, 0.3) is 0 Å². The first kappa shape index (κ1) is 17.7. The average molecular weight is 312 g/mol. The zero-order valence-electron chi connectivity index (χ0n) is 14.2. The molecule has 0 saturated carbocycles. The highest BCUT2D eigenvalue weighted by atomic mass is 16.5. The molecule has 128 valence electrons. The van der Waals surface area contributed by atoms with Gasteiger partial charge in [0.25, 0.3) is 0 Å². The third-order valence-corrected chi connectivity index (χ3v) is 5.02. The van der Waals surface area contributed by atoms with Crippen molar-refractivity contribution in [3.63, 3.8) is 0 Å². The number of nitrogens with zero attached hydrogens (tertiary/aromatic N) is 2. The highest BCUT2D eigenvalue weighted by Gasteiger charge is 2.27. The Morgan fingerprint density at radius 3 is 2.09 bits per heavy atom. The van der Waals surface area contributed by atoms with Crippen LogP contribution in [-0.2, 0) is 9.53 Å².